The molecule has 1 aromatic heterocycles. The summed E-state index contributed by atoms with van der Waals surface area (Å²) in [6.07, 6.45) is 14.1. The van der Waals surface area contributed by atoms with Gasteiger partial charge in [0.25, 0.3) is 0 Å². The molecule has 3 heteroatoms. The molecule has 2 N–H and O–H groups in total. The van der Waals surface area contributed by atoms with Crippen LogP contribution in [0.4, 0.5) is 0 Å². The SMILES string of the molecule is NCCCc1ncc(C2CCCCCC2)cn1. The van der Waals surface area contributed by atoms with Gasteiger partial charge < -0.3 is 5.73 Å². The quantitative estimate of drug-likeness (QED) is 0.814. The fourth-order valence-corrected chi connectivity index (χ4v) is 2.58. The smallest absolute Gasteiger partial charge is 0.128 e. The number of nitrogens with two attached hydrogens (primary N) is 1. The van der Waals surface area contributed by atoms with Crippen molar-refractivity contribution in [1.82, 2.24) is 9.97 Å². The molecule has 0 radical (unpaired) electrons. The Bertz CT molecular complexity index is 313. The molecule has 0 spiro atoms. The maximum absolute atomic E-state index is 5.48. The van der Waals surface area contributed by atoms with E-state index in [1.54, 1.807) is 0 Å². The summed E-state index contributed by atoms with van der Waals surface area (Å²) >= 11 is 0. The number of nitrogens with zero attached hydrogens (tertiary/aromatic N) is 2. The van der Waals surface area contributed by atoms with Crippen molar-refractivity contribution in [2.75, 3.05) is 6.54 Å². The lowest BCUT2D eigenvalue weighted by atomic mass is 9.94. The maximum Gasteiger partial charge on any atom is 0.128 e. The van der Waals surface area contributed by atoms with Crippen molar-refractivity contribution in [1.29, 1.82) is 0 Å². The summed E-state index contributed by atoms with van der Waals surface area (Å²) in [4.78, 5) is 8.91. The van der Waals surface area contributed by atoms with E-state index in [1.807, 2.05) is 12.4 Å². The predicted molar refractivity (Wildman–Crippen MR) is 69.9 cm³/mol. The second-order valence-corrected chi connectivity index (χ2v) is 5.01. The third kappa shape index (κ3) is 3.77. The zero-order valence-corrected chi connectivity index (χ0v) is 10.6. The van der Waals surface area contributed by atoms with Gasteiger partial charge in [-0.15, -0.1) is 0 Å². The molecule has 1 heterocycles. The number of aryl methyl sites for hydroxylation is 1. The third-order valence-electron chi connectivity index (χ3n) is 3.66. The minimum absolute atomic E-state index is 0.695. The highest BCUT2D eigenvalue weighted by Crippen LogP contribution is 2.30. The lowest BCUT2D eigenvalue weighted by Crippen LogP contribution is -2.05. The fraction of sp³-hybridized carbons (Fsp3) is 0.714. The summed E-state index contributed by atoms with van der Waals surface area (Å²) in [5.74, 6) is 1.63. The molecular formula is C14H23N3. The number of hydrogen-bond acceptors (Lipinski definition) is 3. The molecule has 0 amide bonds. The monoisotopic (exact) mass is 233 g/mol. The first kappa shape index (κ1) is 12.5. The molecule has 0 aromatic carbocycles. The van der Waals surface area contributed by atoms with Crippen molar-refractivity contribution in [3.8, 4) is 0 Å². The third-order valence-corrected chi connectivity index (χ3v) is 3.66. The zero-order chi connectivity index (χ0) is 11.9. The molecule has 0 atom stereocenters. The first-order valence-electron chi connectivity index (χ1n) is 6.91. The van der Waals surface area contributed by atoms with Crippen molar-refractivity contribution in [3.05, 3.63) is 23.8 Å². The van der Waals surface area contributed by atoms with E-state index in [1.165, 1.54) is 44.1 Å². The lowest BCUT2D eigenvalue weighted by molar-refractivity contribution is 0.586. The van der Waals surface area contributed by atoms with E-state index in [0.29, 0.717) is 12.5 Å². The van der Waals surface area contributed by atoms with E-state index < -0.39 is 0 Å². The Morgan fingerprint density at radius 1 is 1.06 bits per heavy atom. The summed E-state index contributed by atoms with van der Waals surface area (Å²) in [6, 6.07) is 0. The summed E-state index contributed by atoms with van der Waals surface area (Å²) in [5.41, 5.74) is 6.82. The van der Waals surface area contributed by atoms with Gasteiger partial charge in [0.15, 0.2) is 0 Å². The topological polar surface area (TPSA) is 51.8 Å². The van der Waals surface area contributed by atoms with E-state index >= 15 is 0 Å². The van der Waals surface area contributed by atoms with Crippen molar-refractivity contribution in [2.24, 2.45) is 5.73 Å². The van der Waals surface area contributed by atoms with E-state index in [4.69, 9.17) is 5.73 Å². The minimum Gasteiger partial charge on any atom is -0.330 e. The van der Waals surface area contributed by atoms with Gasteiger partial charge in [0.2, 0.25) is 0 Å². The van der Waals surface area contributed by atoms with Crippen molar-refractivity contribution >= 4 is 0 Å². The van der Waals surface area contributed by atoms with Crippen LogP contribution in [0.3, 0.4) is 0 Å². The highest BCUT2D eigenvalue weighted by atomic mass is 14.9. The van der Waals surface area contributed by atoms with Gasteiger partial charge in [-0.05, 0) is 37.3 Å². The standard InChI is InChI=1S/C14H23N3/c15-9-5-8-14-16-10-13(11-17-14)12-6-3-1-2-4-7-12/h10-12H,1-9,15H2. The summed E-state index contributed by atoms with van der Waals surface area (Å²) in [7, 11) is 0. The molecule has 0 unspecified atom stereocenters. The molecule has 0 saturated heterocycles. The molecule has 1 aliphatic rings. The maximum atomic E-state index is 5.48. The number of rotatable bonds is 4. The van der Waals surface area contributed by atoms with Crippen LogP contribution >= 0.6 is 0 Å². The van der Waals surface area contributed by atoms with Crippen LogP contribution < -0.4 is 5.73 Å². The van der Waals surface area contributed by atoms with Crippen molar-refractivity contribution < 1.29 is 0 Å². The number of aromatic nitrogens is 2. The predicted octanol–water partition coefficient (Wildman–Crippen LogP) is 2.81. The van der Waals surface area contributed by atoms with E-state index in [0.717, 1.165) is 18.7 Å². The highest BCUT2D eigenvalue weighted by Gasteiger charge is 2.14. The van der Waals surface area contributed by atoms with Crippen LogP contribution in [-0.4, -0.2) is 16.5 Å². The van der Waals surface area contributed by atoms with Crippen LogP contribution in [0.5, 0.6) is 0 Å². The lowest BCUT2D eigenvalue weighted by Gasteiger charge is -2.13. The van der Waals surface area contributed by atoms with Crippen LogP contribution in [-0.2, 0) is 6.42 Å². The normalized spacial score (nSPS) is 17.9. The average molecular weight is 233 g/mol. The first-order chi connectivity index (χ1) is 8.40. The van der Waals surface area contributed by atoms with E-state index in [9.17, 15) is 0 Å². The Morgan fingerprint density at radius 3 is 2.29 bits per heavy atom. The molecule has 1 saturated carbocycles. The van der Waals surface area contributed by atoms with Gasteiger partial charge in [0.1, 0.15) is 5.82 Å². The van der Waals surface area contributed by atoms with Gasteiger partial charge in [-0.3, -0.25) is 0 Å². The molecular weight excluding hydrogens is 210 g/mol. The first-order valence-corrected chi connectivity index (χ1v) is 6.91. The Morgan fingerprint density at radius 2 is 1.71 bits per heavy atom. The van der Waals surface area contributed by atoms with Crippen LogP contribution in [0.1, 0.15) is 62.3 Å². The minimum atomic E-state index is 0.695. The van der Waals surface area contributed by atoms with E-state index in [2.05, 4.69) is 9.97 Å². The average Bonchev–Trinajstić information content (AvgIpc) is 2.66. The molecule has 17 heavy (non-hydrogen) atoms. The largest absolute Gasteiger partial charge is 0.330 e. The highest BCUT2D eigenvalue weighted by molar-refractivity contribution is 5.12. The van der Waals surface area contributed by atoms with Crippen molar-refractivity contribution in [3.63, 3.8) is 0 Å². The second-order valence-electron chi connectivity index (χ2n) is 5.01. The number of hydrogen-bond donors (Lipinski definition) is 1. The molecule has 3 nitrogen and oxygen atoms in total. The van der Waals surface area contributed by atoms with Crippen LogP contribution in [0.2, 0.25) is 0 Å². The summed E-state index contributed by atoms with van der Waals surface area (Å²) in [5, 5.41) is 0. The molecule has 1 aliphatic carbocycles. The van der Waals surface area contributed by atoms with Gasteiger partial charge in [-0.25, -0.2) is 9.97 Å². The Balaban J connectivity index is 1.96. The molecule has 1 fully saturated rings. The van der Waals surface area contributed by atoms with Crippen LogP contribution in [0.15, 0.2) is 12.4 Å². The molecule has 1 aromatic rings. The molecule has 0 aliphatic heterocycles. The van der Waals surface area contributed by atoms with Gasteiger partial charge in [-0.1, -0.05) is 25.7 Å². The van der Waals surface area contributed by atoms with Gasteiger partial charge in [-0.2, -0.15) is 0 Å². The van der Waals surface area contributed by atoms with Crippen LogP contribution in [0.25, 0.3) is 0 Å². The van der Waals surface area contributed by atoms with Gasteiger partial charge >= 0.3 is 0 Å². The van der Waals surface area contributed by atoms with Gasteiger partial charge in [0, 0.05) is 18.8 Å². The van der Waals surface area contributed by atoms with Crippen LogP contribution in [0, 0.1) is 0 Å². The van der Waals surface area contributed by atoms with Gasteiger partial charge in [0.05, 0.1) is 0 Å². The summed E-state index contributed by atoms with van der Waals surface area (Å²) < 4.78 is 0. The Hall–Kier alpha value is -0.960. The van der Waals surface area contributed by atoms with Crippen molar-refractivity contribution in [2.45, 2.75) is 57.3 Å². The molecule has 2 rings (SSSR count). The molecule has 0 bridgehead atoms. The second kappa shape index (κ2) is 6.70. The Kier molecular flexibility index (Phi) is 4.92. The summed E-state index contributed by atoms with van der Waals surface area (Å²) in [6.45, 7) is 0.716. The fourth-order valence-electron chi connectivity index (χ4n) is 2.58. The Labute approximate surface area is 104 Å². The molecule has 94 valence electrons. The van der Waals surface area contributed by atoms with E-state index in [-0.39, 0.29) is 0 Å². The zero-order valence-electron chi connectivity index (χ0n) is 10.6.